The standard InChI is InChI=1S/C20H22FN3O5/c1-28-18-5-3-15(21)11-14(18)13-22-7-9-23(10-8-22)20(25)17-12-16(24(26)27)4-6-19(17)29-2/h3-6,11-12H,7-10,13H2,1-2H3/p+1. The van der Waals surface area contributed by atoms with Crippen molar-refractivity contribution in [2.24, 2.45) is 0 Å². The first-order valence-corrected chi connectivity index (χ1v) is 9.20. The number of carbonyl (C=O) groups excluding carboxylic acids is 1. The summed E-state index contributed by atoms with van der Waals surface area (Å²) in [5.41, 5.74) is 0.802. The Morgan fingerprint density at radius 2 is 1.79 bits per heavy atom. The molecule has 0 unspecified atom stereocenters. The minimum Gasteiger partial charge on any atom is -0.496 e. The summed E-state index contributed by atoms with van der Waals surface area (Å²) in [5, 5.41) is 11.0. The summed E-state index contributed by atoms with van der Waals surface area (Å²) in [7, 11) is 2.97. The number of piperazine rings is 1. The van der Waals surface area contributed by atoms with Gasteiger partial charge in [-0.25, -0.2) is 4.39 Å². The third kappa shape index (κ3) is 4.62. The van der Waals surface area contributed by atoms with Gasteiger partial charge in [-0.1, -0.05) is 0 Å². The van der Waals surface area contributed by atoms with Gasteiger partial charge in [0.2, 0.25) is 0 Å². The van der Waals surface area contributed by atoms with E-state index in [1.54, 1.807) is 18.1 Å². The van der Waals surface area contributed by atoms with Gasteiger partial charge in [0, 0.05) is 12.1 Å². The monoisotopic (exact) mass is 404 g/mol. The van der Waals surface area contributed by atoms with E-state index >= 15 is 0 Å². The number of ether oxygens (including phenoxy) is 2. The van der Waals surface area contributed by atoms with Gasteiger partial charge in [-0.15, -0.1) is 0 Å². The van der Waals surface area contributed by atoms with Gasteiger partial charge in [0.15, 0.2) is 0 Å². The number of rotatable bonds is 6. The van der Waals surface area contributed by atoms with E-state index in [2.05, 4.69) is 0 Å². The smallest absolute Gasteiger partial charge is 0.270 e. The zero-order valence-corrected chi connectivity index (χ0v) is 16.3. The second kappa shape index (κ2) is 8.87. The van der Waals surface area contributed by atoms with E-state index in [1.807, 2.05) is 0 Å². The summed E-state index contributed by atoms with van der Waals surface area (Å²) < 4.78 is 24.1. The highest BCUT2D eigenvalue weighted by atomic mass is 19.1. The lowest BCUT2D eigenvalue weighted by molar-refractivity contribution is -0.917. The Kier molecular flexibility index (Phi) is 6.28. The van der Waals surface area contributed by atoms with E-state index in [9.17, 15) is 19.3 Å². The van der Waals surface area contributed by atoms with Crippen molar-refractivity contribution in [1.82, 2.24) is 4.90 Å². The van der Waals surface area contributed by atoms with E-state index in [1.165, 1.54) is 42.3 Å². The van der Waals surface area contributed by atoms with Gasteiger partial charge in [-0.05, 0) is 24.3 Å². The molecule has 0 atom stereocenters. The summed E-state index contributed by atoms with van der Waals surface area (Å²) >= 11 is 0. The molecule has 29 heavy (non-hydrogen) atoms. The first-order chi connectivity index (χ1) is 13.9. The lowest BCUT2D eigenvalue weighted by atomic mass is 10.1. The van der Waals surface area contributed by atoms with Crippen molar-refractivity contribution in [3.8, 4) is 11.5 Å². The fraction of sp³-hybridized carbons (Fsp3) is 0.350. The van der Waals surface area contributed by atoms with Crippen LogP contribution in [0.4, 0.5) is 10.1 Å². The largest absolute Gasteiger partial charge is 0.496 e. The quantitative estimate of drug-likeness (QED) is 0.579. The van der Waals surface area contributed by atoms with Gasteiger partial charge in [0.1, 0.15) is 23.9 Å². The van der Waals surface area contributed by atoms with Crippen molar-refractivity contribution in [1.29, 1.82) is 0 Å². The number of hydrogen-bond acceptors (Lipinski definition) is 5. The molecule has 0 aliphatic carbocycles. The SMILES string of the molecule is COc1ccc(F)cc1C[NH+]1CCN(C(=O)c2cc([N+](=O)[O-])ccc2OC)CC1. The minimum absolute atomic E-state index is 0.156. The van der Waals surface area contributed by atoms with Crippen LogP contribution in [0, 0.1) is 15.9 Å². The number of benzene rings is 2. The van der Waals surface area contributed by atoms with Crippen LogP contribution in [-0.4, -0.2) is 56.1 Å². The van der Waals surface area contributed by atoms with Crippen LogP contribution in [0.3, 0.4) is 0 Å². The summed E-state index contributed by atoms with van der Waals surface area (Å²) in [5.74, 6) is 0.332. The van der Waals surface area contributed by atoms with Gasteiger partial charge in [0.05, 0.1) is 56.4 Å². The zero-order valence-electron chi connectivity index (χ0n) is 16.3. The highest BCUT2D eigenvalue weighted by Crippen LogP contribution is 2.25. The van der Waals surface area contributed by atoms with Crippen LogP contribution in [0.5, 0.6) is 11.5 Å². The van der Waals surface area contributed by atoms with E-state index in [-0.39, 0.29) is 23.0 Å². The maximum atomic E-state index is 13.6. The van der Waals surface area contributed by atoms with E-state index in [0.29, 0.717) is 44.2 Å². The van der Waals surface area contributed by atoms with Gasteiger partial charge >= 0.3 is 0 Å². The Bertz CT molecular complexity index is 913. The number of nitro benzene ring substituents is 1. The molecule has 1 amide bonds. The third-order valence-electron chi connectivity index (χ3n) is 5.06. The second-order valence-electron chi connectivity index (χ2n) is 6.82. The molecule has 2 aromatic rings. The van der Waals surface area contributed by atoms with E-state index in [0.717, 1.165) is 5.56 Å². The maximum Gasteiger partial charge on any atom is 0.270 e. The van der Waals surface area contributed by atoms with Crippen molar-refractivity contribution in [3.05, 3.63) is 63.5 Å². The third-order valence-corrected chi connectivity index (χ3v) is 5.06. The summed E-state index contributed by atoms with van der Waals surface area (Å²) in [6, 6.07) is 8.43. The Morgan fingerprint density at radius 1 is 1.14 bits per heavy atom. The number of methoxy groups -OCH3 is 2. The molecule has 0 radical (unpaired) electrons. The van der Waals surface area contributed by atoms with Gasteiger partial charge < -0.3 is 19.3 Å². The molecular weight excluding hydrogens is 381 g/mol. The Balaban J connectivity index is 1.68. The number of nitro groups is 1. The zero-order chi connectivity index (χ0) is 21.0. The summed E-state index contributed by atoms with van der Waals surface area (Å²) in [6.45, 7) is 2.89. The molecule has 2 aromatic carbocycles. The molecule has 0 aromatic heterocycles. The van der Waals surface area contributed by atoms with Crippen LogP contribution in [0.25, 0.3) is 0 Å². The van der Waals surface area contributed by atoms with Crippen molar-refractivity contribution in [3.63, 3.8) is 0 Å². The van der Waals surface area contributed by atoms with Crippen LogP contribution >= 0.6 is 0 Å². The lowest BCUT2D eigenvalue weighted by Crippen LogP contribution is -3.13. The number of quaternary nitrogens is 1. The van der Waals surface area contributed by atoms with Crippen molar-refractivity contribution in [2.75, 3.05) is 40.4 Å². The Labute approximate surface area is 167 Å². The van der Waals surface area contributed by atoms with Gasteiger partial charge in [0.25, 0.3) is 11.6 Å². The molecule has 154 valence electrons. The molecule has 8 nitrogen and oxygen atoms in total. The van der Waals surface area contributed by atoms with Crippen molar-refractivity contribution >= 4 is 11.6 Å². The normalized spacial score (nSPS) is 14.5. The predicted octanol–water partition coefficient (Wildman–Crippen LogP) is 1.29. The highest BCUT2D eigenvalue weighted by molar-refractivity contribution is 5.97. The molecule has 1 fully saturated rings. The van der Waals surface area contributed by atoms with Crippen molar-refractivity contribution in [2.45, 2.75) is 6.54 Å². The average molecular weight is 404 g/mol. The number of carbonyl (C=O) groups is 1. The van der Waals surface area contributed by atoms with Crippen LogP contribution in [-0.2, 0) is 6.54 Å². The molecule has 1 saturated heterocycles. The molecule has 1 heterocycles. The van der Waals surface area contributed by atoms with E-state index < -0.39 is 4.92 Å². The first kappa shape index (κ1) is 20.5. The Hall–Kier alpha value is -3.20. The number of hydrogen-bond donors (Lipinski definition) is 1. The number of non-ortho nitro benzene ring substituents is 1. The van der Waals surface area contributed by atoms with Gasteiger partial charge in [-0.2, -0.15) is 0 Å². The maximum absolute atomic E-state index is 13.6. The van der Waals surface area contributed by atoms with Crippen molar-refractivity contribution < 1.29 is 28.5 Å². The number of nitrogens with one attached hydrogen (secondary N) is 1. The number of halogens is 1. The molecule has 3 rings (SSSR count). The first-order valence-electron chi connectivity index (χ1n) is 9.20. The molecule has 1 N–H and O–H groups in total. The van der Waals surface area contributed by atoms with E-state index in [4.69, 9.17) is 9.47 Å². The molecule has 0 saturated carbocycles. The Morgan fingerprint density at radius 3 is 2.41 bits per heavy atom. The number of amides is 1. The summed E-state index contributed by atoms with van der Waals surface area (Å²) in [6.07, 6.45) is 0. The molecule has 9 heteroatoms. The predicted molar refractivity (Wildman–Crippen MR) is 103 cm³/mol. The topological polar surface area (TPSA) is 86.4 Å². The van der Waals surface area contributed by atoms with Gasteiger partial charge in [-0.3, -0.25) is 14.9 Å². The fourth-order valence-electron chi connectivity index (χ4n) is 3.50. The molecule has 1 aliphatic rings. The molecule has 0 spiro atoms. The molecular formula is C20H23FN3O5+. The van der Waals surface area contributed by atoms with Crippen LogP contribution in [0.15, 0.2) is 36.4 Å². The lowest BCUT2D eigenvalue weighted by Gasteiger charge is -2.32. The second-order valence-corrected chi connectivity index (χ2v) is 6.82. The number of nitrogens with zero attached hydrogens (tertiary/aromatic N) is 2. The van der Waals surface area contributed by atoms with Crippen LogP contribution < -0.4 is 14.4 Å². The minimum atomic E-state index is -0.537. The van der Waals surface area contributed by atoms with Crippen LogP contribution in [0.1, 0.15) is 15.9 Å². The fourth-order valence-corrected chi connectivity index (χ4v) is 3.50. The average Bonchev–Trinajstić information content (AvgIpc) is 2.73. The summed E-state index contributed by atoms with van der Waals surface area (Å²) in [4.78, 5) is 26.3. The van der Waals surface area contributed by atoms with Crippen LogP contribution in [0.2, 0.25) is 0 Å². The highest BCUT2D eigenvalue weighted by Gasteiger charge is 2.28. The molecule has 1 aliphatic heterocycles. The molecule has 0 bridgehead atoms.